The number of fused-ring (bicyclic) bond motifs is 1. The molecule has 2 aromatic rings. The van der Waals surface area contributed by atoms with Gasteiger partial charge in [0.05, 0.1) is 11.4 Å². The molecule has 0 bridgehead atoms. The lowest BCUT2D eigenvalue weighted by Crippen LogP contribution is -2.28. The maximum absolute atomic E-state index is 12.6. The maximum atomic E-state index is 12.6. The minimum Gasteiger partial charge on any atom is -0.459 e. The number of aromatic nitrogens is 1. The molecule has 0 aliphatic carbocycles. The van der Waals surface area contributed by atoms with Crippen molar-refractivity contribution in [3.05, 3.63) is 33.9 Å². The van der Waals surface area contributed by atoms with Crippen molar-refractivity contribution in [3.8, 4) is 0 Å². The highest BCUT2D eigenvalue weighted by Gasteiger charge is 2.29. The van der Waals surface area contributed by atoms with Crippen molar-refractivity contribution in [3.63, 3.8) is 0 Å². The zero-order valence-electron chi connectivity index (χ0n) is 14.2. The van der Waals surface area contributed by atoms with Crippen molar-refractivity contribution in [2.24, 2.45) is 0 Å². The highest BCUT2D eigenvalue weighted by atomic mass is 79.9. The Morgan fingerprint density at radius 2 is 2.04 bits per heavy atom. The minimum atomic E-state index is -0.527. The van der Waals surface area contributed by atoms with Gasteiger partial charge >= 0.3 is 5.97 Å². The monoisotopic (exact) mass is 378 g/mol. The van der Waals surface area contributed by atoms with Crippen molar-refractivity contribution in [1.82, 2.24) is 4.98 Å². The fourth-order valence-electron chi connectivity index (χ4n) is 2.70. The Kier molecular flexibility index (Phi) is 4.99. The highest BCUT2D eigenvalue weighted by Crippen LogP contribution is 2.35. The number of carbonyl (C=O) groups excluding carboxylic acids is 1. The van der Waals surface area contributed by atoms with Crippen LogP contribution in [0.3, 0.4) is 0 Å². The van der Waals surface area contributed by atoms with Crippen LogP contribution in [0, 0.1) is 6.92 Å². The van der Waals surface area contributed by atoms with Crippen molar-refractivity contribution in [2.75, 3.05) is 5.73 Å². The molecular formula is C18H23BrN2O2. The van der Waals surface area contributed by atoms with Gasteiger partial charge in [0.2, 0.25) is 0 Å². The third kappa shape index (κ3) is 3.83. The summed E-state index contributed by atoms with van der Waals surface area (Å²) in [6.07, 6.45) is 0.612. The van der Waals surface area contributed by atoms with E-state index in [9.17, 15) is 4.79 Å². The molecule has 0 saturated carbocycles. The van der Waals surface area contributed by atoms with Crippen LogP contribution in [0.1, 0.15) is 51.3 Å². The molecule has 1 atom stereocenters. The number of ether oxygens (including phenoxy) is 1. The molecule has 1 aromatic heterocycles. The van der Waals surface area contributed by atoms with Crippen LogP contribution in [-0.2, 0) is 9.53 Å². The molecular weight excluding hydrogens is 356 g/mol. The number of nitrogen functional groups attached to an aromatic ring is 1. The number of nitrogens with two attached hydrogens (primary N) is 1. The average Bonchev–Trinajstić information content (AvgIpc) is 2.42. The van der Waals surface area contributed by atoms with Crippen LogP contribution in [-0.4, -0.2) is 16.6 Å². The molecule has 23 heavy (non-hydrogen) atoms. The molecule has 0 aliphatic rings. The van der Waals surface area contributed by atoms with Gasteiger partial charge in [-0.15, -0.1) is 0 Å². The van der Waals surface area contributed by atoms with Gasteiger partial charge in [-0.3, -0.25) is 9.78 Å². The first-order valence-electron chi connectivity index (χ1n) is 7.72. The summed E-state index contributed by atoms with van der Waals surface area (Å²) in [5.41, 5.74) is 8.84. The van der Waals surface area contributed by atoms with E-state index in [1.807, 2.05) is 52.8 Å². The summed E-state index contributed by atoms with van der Waals surface area (Å²) in [6.45, 7) is 9.44. The molecule has 2 rings (SSSR count). The van der Waals surface area contributed by atoms with Gasteiger partial charge in [-0.2, -0.15) is 0 Å². The van der Waals surface area contributed by atoms with Gasteiger partial charge in [0.1, 0.15) is 5.60 Å². The van der Waals surface area contributed by atoms with Gasteiger partial charge in [0.15, 0.2) is 0 Å². The van der Waals surface area contributed by atoms with Crippen LogP contribution in [0.2, 0.25) is 0 Å². The average molecular weight is 379 g/mol. The van der Waals surface area contributed by atoms with Crippen LogP contribution in [0.15, 0.2) is 22.7 Å². The van der Waals surface area contributed by atoms with Crippen molar-refractivity contribution < 1.29 is 9.53 Å². The Labute approximate surface area is 145 Å². The molecule has 1 unspecified atom stereocenters. The molecule has 5 heteroatoms. The quantitative estimate of drug-likeness (QED) is 0.784. The zero-order valence-corrected chi connectivity index (χ0v) is 15.8. The second kappa shape index (κ2) is 6.48. The third-order valence-electron chi connectivity index (χ3n) is 3.66. The van der Waals surface area contributed by atoms with E-state index in [2.05, 4.69) is 20.9 Å². The van der Waals surface area contributed by atoms with E-state index in [0.717, 1.165) is 26.6 Å². The number of hydrogen-bond donors (Lipinski definition) is 1. The number of halogens is 1. The summed E-state index contributed by atoms with van der Waals surface area (Å²) in [6, 6.07) is 5.78. The van der Waals surface area contributed by atoms with E-state index < -0.39 is 11.5 Å². The standard InChI is InChI=1S/C18H23BrN2O2/c1-6-12(17(22)23-18(3,4)5)15-10(2)21-14-8-7-11(19)9-13(14)16(15)20/h7-9,12H,6H2,1-5H3,(H2,20,21). The first kappa shape index (κ1) is 17.7. The molecule has 1 heterocycles. The van der Waals surface area contributed by atoms with Crippen LogP contribution in [0.25, 0.3) is 10.9 Å². The van der Waals surface area contributed by atoms with Gasteiger partial charge in [0, 0.05) is 26.8 Å². The normalized spacial score (nSPS) is 13.1. The first-order valence-corrected chi connectivity index (χ1v) is 8.51. The van der Waals surface area contributed by atoms with Crippen molar-refractivity contribution >= 4 is 38.5 Å². The fourth-order valence-corrected chi connectivity index (χ4v) is 3.06. The smallest absolute Gasteiger partial charge is 0.314 e. The molecule has 0 spiro atoms. The van der Waals surface area contributed by atoms with Crippen LogP contribution in [0.5, 0.6) is 0 Å². The van der Waals surface area contributed by atoms with Gasteiger partial charge in [-0.1, -0.05) is 22.9 Å². The molecule has 2 N–H and O–H groups in total. The topological polar surface area (TPSA) is 65.2 Å². The van der Waals surface area contributed by atoms with E-state index in [1.165, 1.54) is 0 Å². The van der Waals surface area contributed by atoms with Crippen LogP contribution >= 0.6 is 15.9 Å². The summed E-state index contributed by atoms with van der Waals surface area (Å²) in [7, 11) is 0. The Morgan fingerprint density at radius 1 is 1.39 bits per heavy atom. The number of esters is 1. The number of pyridine rings is 1. The number of hydrogen-bond acceptors (Lipinski definition) is 4. The Morgan fingerprint density at radius 3 is 2.61 bits per heavy atom. The highest BCUT2D eigenvalue weighted by molar-refractivity contribution is 9.10. The lowest BCUT2D eigenvalue weighted by molar-refractivity contribution is -0.156. The summed E-state index contributed by atoms with van der Waals surface area (Å²) < 4.78 is 6.49. The van der Waals surface area contributed by atoms with E-state index in [1.54, 1.807) is 0 Å². The van der Waals surface area contributed by atoms with E-state index >= 15 is 0 Å². The number of rotatable bonds is 3. The predicted molar refractivity (Wildman–Crippen MR) is 97.5 cm³/mol. The summed E-state index contributed by atoms with van der Waals surface area (Å²) in [5.74, 6) is -0.670. The summed E-state index contributed by atoms with van der Waals surface area (Å²) in [5, 5.41) is 0.849. The minimum absolute atomic E-state index is 0.258. The molecule has 1 aromatic carbocycles. The Balaban J connectivity index is 2.58. The van der Waals surface area contributed by atoms with Gasteiger partial charge < -0.3 is 10.5 Å². The largest absolute Gasteiger partial charge is 0.459 e. The van der Waals surface area contributed by atoms with E-state index in [0.29, 0.717) is 12.1 Å². The second-order valence-corrected chi connectivity index (χ2v) is 7.60. The summed E-state index contributed by atoms with van der Waals surface area (Å²) in [4.78, 5) is 17.2. The number of nitrogens with zero attached hydrogens (tertiary/aromatic N) is 1. The molecule has 0 saturated heterocycles. The molecule has 124 valence electrons. The van der Waals surface area contributed by atoms with E-state index in [4.69, 9.17) is 10.5 Å². The van der Waals surface area contributed by atoms with Gasteiger partial charge in [-0.05, 0) is 52.3 Å². The van der Waals surface area contributed by atoms with Gasteiger partial charge in [0.25, 0.3) is 0 Å². The van der Waals surface area contributed by atoms with Crippen LogP contribution in [0.4, 0.5) is 5.69 Å². The van der Waals surface area contributed by atoms with E-state index in [-0.39, 0.29) is 5.97 Å². The lowest BCUT2D eigenvalue weighted by Gasteiger charge is -2.25. The third-order valence-corrected chi connectivity index (χ3v) is 4.16. The molecule has 0 aliphatic heterocycles. The fraction of sp³-hybridized carbons (Fsp3) is 0.444. The number of carbonyl (C=O) groups is 1. The summed E-state index contributed by atoms with van der Waals surface area (Å²) >= 11 is 3.46. The Hall–Kier alpha value is -1.62. The molecule has 0 amide bonds. The predicted octanol–water partition coefficient (Wildman–Crippen LogP) is 4.72. The number of benzene rings is 1. The first-order chi connectivity index (χ1) is 10.6. The maximum Gasteiger partial charge on any atom is 0.314 e. The van der Waals surface area contributed by atoms with Gasteiger partial charge in [-0.25, -0.2) is 0 Å². The number of anilines is 1. The lowest BCUT2D eigenvalue weighted by atomic mass is 9.91. The molecule has 4 nitrogen and oxygen atoms in total. The SMILES string of the molecule is CCC(C(=O)OC(C)(C)C)c1c(C)nc2ccc(Br)cc2c1N. The second-order valence-electron chi connectivity index (χ2n) is 6.68. The zero-order chi connectivity index (χ0) is 17.4. The molecule has 0 radical (unpaired) electrons. The Bertz CT molecular complexity index is 751. The number of aryl methyl sites for hydroxylation is 1. The molecule has 0 fully saturated rings. The van der Waals surface area contributed by atoms with Crippen molar-refractivity contribution in [1.29, 1.82) is 0 Å². The van der Waals surface area contributed by atoms with Crippen molar-refractivity contribution in [2.45, 2.75) is 52.6 Å². The van der Waals surface area contributed by atoms with Crippen LogP contribution < -0.4 is 5.73 Å².